The maximum atomic E-state index is 13.7. The summed E-state index contributed by atoms with van der Waals surface area (Å²) < 4.78 is 13.7. The van der Waals surface area contributed by atoms with Crippen LogP contribution in [0.15, 0.2) is 60.3 Å². The predicted octanol–water partition coefficient (Wildman–Crippen LogP) is 2.36. The van der Waals surface area contributed by atoms with E-state index in [4.69, 9.17) is 0 Å². The molecule has 126 valence electrons. The Balaban J connectivity index is 1.71. The van der Waals surface area contributed by atoms with Gasteiger partial charge in [0.05, 0.1) is 0 Å². The van der Waals surface area contributed by atoms with Gasteiger partial charge in [-0.3, -0.25) is 9.59 Å². The fraction of sp³-hybridized carbons (Fsp3) is 0.0556. The molecule has 0 bridgehead atoms. The molecule has 1 aliphatic rings. The van der Waals surface area contributed by atoms with E-state index in [0.29, 0.717) is 5.69 Å². The van der Waals surface area contributed by atoms with E-state index in [1.54, 1.807) is 36.4 Å². The smallest absolute Gasteiger partial charge is 0.325 e. The minimum absolute atomic E-state index is 0.0809. The molecule has 7 heteroatoms. The number of hydrogen-bond donors (Lipinski definition) is 2. The van der Waals surface area contributed by atoms with Crippen molar-refractivity contribution in [2.24, 2.45) is 0 Å². The molecule has 0 unspecified atom stereocenters. The maximum Gasteiger partial charge on any atom is 0.329 e. The van der Waals surface area contributed by atoms with E-state index < -0.39 is 30.2 Å². The highest BCUT2D eigenvalue weighted by molar-refractivity contribution is 6.15. The summed E-state index contributed by atoms with van der Waals surface area (Å²) in [5, 5.41) is 4.94. The van der Waals surface area contributed by atoms with Gasteiger partial charge in [0.2, 0.25) is 5.91 Å². The molecule has 0 radical (unpaired) electrons. The van der Waals surface area contributed by atoms with Crippen LogP contribution in [0.4, 0.5) is 14.9 Å². The second-order valence-corrected chi connectivity index (χ2v) is 5.32. The lowest BCUT2D eigenvalue weighted by Crippen LogP contribution is -2.38. The number of para-hydroxylation sites is 1. The lowest BCUT2D eigenvalue weighted by atomic mass is 10.2. The summed E-state index contributed by atoms with van der Waals surface area (Å²) >= 11 is 0. The van der Waals surface area contributed by atoms with Gasteiger partial charge >= 0.3 is 6.03 Å². The molecule has 1 aliphatic heterocycles. The number of carbonyl (C=O) groups excluding carboxylic acids is 3. The summed E-state index contributed by atoms with van der Waals surface area (Å²) in [6.45, 7) is -0.436. The molecule has 2 N–H and O–H groups in total. The summed E-state index contributed by atoms with van der Waals surface area (Å²) in [6.07, 6.45) is 1.24. The number of halogens is 1. The van der Waals surface area contributed by atoms with Gasteiger partial charge < -0.3 is 10.6 Å². The van der Waals surface area contributed by atoms with Crippen molar-refractivity contribution >= 4 is 29.6 Å². The molecule has 2 aromatic rings. The van der Waals surface area contributed by atoms with Gasteiger partial charge in [-0.2, -0.15) is 0 Å². The van der Waals surface area contributed by atoms with Crippen LogP contribution in [-0.4, -0.2) is 29.3 Å². The largest absolute Gasteiger partial charge is 0.329 e. The third-order valence-electron chi connectivity index (χ3n) is 3.53. The average molecular weight is 339 g/mol. The first-order chi connectivity index (χ1) is 12.0. The van der Waals surface area contributed by atoms with Gasteiger partial charge in [-0.05, 0) is 24.3 Å². The van der Waals surface area contributed by atoms with Gasteiger partial charge in [0, 0.05) is 11.3 Å². The Bertz CT molecular complexity index is 865. The van der Waals surface area contributed by atoms with Gasteiger partial charge in [0.1, 0.15) is 18.1 Å². The Morgan fingerprint density at radius 1 is 1.08 bits per heavy atom. The standard InChI is InChI=1S/C18H14FN3O3/c19-14-9-5-4-6-12(14)10-15-17(24)22(18(25)21-15)11-16(23)20-13-7-2-1-3-8-13/h1-10H,11H2,(H,20,23)(H,21,25)/b15-10-. The zero-order valence-corrected chi connectivity index (χ0v) is 13.0. The molecule has 1 saturated heterocycles. The number of nitrogens with zero attached hydrogens (tertiary/aromatic N) is 1. The van der Waals surface area contributed by atoms with Crippen molar-refractivity contribution in [1.29, 1.82) is 0 Å². The van der Waals surface area contributed by atoms with Crippen LogP contribution in [0.25, 0.3) is 6.08 Å². The molecule has 4 amide bonds. The monoisotopic (exact) mass is 339 g/mol. The van der Waals surface area contributed by atoms with E-state index in [1.165, 1.54) is 24.3 Å². The van der Waals surface area contributed by atoms with Crippen molar-refractivity contribution in [3.8, 4) is 0 Å². The van der Waals surface area contributed by atoms with Crippen molar-refractivity contribution in [1.82, 2.24) is 10.2 Å². The van der Waals surface area contributed by atoms with Crippen LogP contribution in [0.2, 0.25) is 0 Å². The SMILES string of the molecule is O=C(CN1C(=O)N/C(=C\c2ccccc2F)C1=O)Nc1ccccc1. The first kappa shape index (κ1) is 16.4. The van der Waals surface area contributed by atoms with Crippen LogP contribution >= 0.6 is 0 Å². The summed E-state index contributed by atoms with van der Waals surface area (Å²) in [5.74, 6) is -1.71. The number of urea groups is 1. The summed E-state index contributed by atoms with van der Waals surface area (Å²) in [4.78, 5) is 37.0. The number of benzene rings is 2. The Kier molecular flexibility index (Phi) is 4.56. The topological polar surface area (TPSA) is 78.5 Å². The number of imide groups is 1. The summed E-state index contributed by atoms with van der Waals surface area (Å²) in [6, 6.07) is 13.8. The zero-order chi connectivity index (χ0) is 17.8. The molecule has 0 aromatic heterocycles. The third kappa shape index (κ3) is 3.72. The highest BCUT2D eigenvalue weighted by Gasteiger charge is 2.35. The van der Waals surface area contributed by atoms with Gasteiger partial charge in [-0.1, -0.05) is 36.4 Å². The Labute approximate surface area is 142 Å². The van der Waals surface area contributed by atoms with Gasteiger partial charge in [-0.15, -0.1) is 0 Å². The van der Waals surface area contributed by atoms with Crippen molar-refractivity contribution in [3.63, 3.8) is 0 Å². The highest BCUT2D eigenvalue weighted by atomic mass is 19.1. The van der Waals surface area contributed by atoms with Gasteiger partial charge in [-0.25, -0.2) is 14.1 Å². The lowest BCUT2D eigenvalue weighted by Gasteiger charge is -2.11. The number of rotatable bonds is 4. The normalized spacial score (nSPS) is 15.4. The maximum absolute atomic E-state index is 13.7. The minimum Gasteiger partial charge on any atom is -0.325 e. The van der Waals surface area contributed by atoms with Crippen LogP contribution in [0.5, 0.6) is 0 Å². The Morgan fingerprint density at radius 3 is 2.48 bits per heavy atom. The molecule has 6 nitrogen and oxygen atoms in total. The highest BCUT2D eigenvalue weighted by Crippen LogP contribution is 2.16. The number of nitrogens with one attached hydrogen (secondary N) is 2. The quantitative estimate of drug-likeness (QED) is 0.663. The second-order valence-electron chi connectivity index (χ2n) is 5.32. The second kappa shape index (κ2) is 6.96. The van der Waals surface area contributed by atoms with Crippen molar-refractivity contribution in [2.75, 3.05) is 11.9 Å². The van der Waals surface area contributed by atoms with E-state index in [9.17, 15) is 18.8 Å². The fourth-order valence-electron chi connectivity index (χ4n) is 2.33. The van der Waals surface area contributed by atoms with E-state index >= 15 is 0 Å². The Hall–Kier alpha value is -3.48. The third-order valence-corrected chi connectivity index (χ3v) is 3.53. The molecule has 0 spiro atoms. The van der Waals surface area contributed by atoms with Crippen LogP contribution in [0.3, 0.4) is 0 Å². The predicted molar refractivity (Wildman–Crippen MR) is 89.7 cm³/mol. The molecule has 1 heterocycles. The number of carbonyl (C=O) groups is 3. The summed E-state index contributed by atoms with van der Waals surface area (Å²) in [7, 11) is 0. The van der Waals surface area contributed by atoms with E-state index in [-0.39, 0.29) is 11.3 Å². The van der Waals surface area contributed by atoms with Crippen LogP contribution in [0.1, 0.15) is 5.56 Å². The molecule has 2 aromatic carbocycles. The van der Waals surface area contributed by atoms with Crippen LogP contribution < -0.4 is 10.6 Å². The first-order valence-electron chi connectivity index (χ1n) is 7.48. The van der Waals surface area contributed by atoms with Gasteiger partial charge in [0.25, 0.3) is 5.91 Å². The number of hydrogen-bond acceptors (Lipinski definition) is 3. The van der Waals surface area contributed by atoms with Crippen molar-refractivity contribution < 1.29 is 18.8 Å². The molecule has 0 aliphatic carbocycles. The van der Waals surface area contributed by atoms with Crippen LogP contribution in [-0.2, 0) is 9.59 Å². The number of amides is 4. The molecule has 3 rings (SSSR count). The molecular weight excluding hydrogens is 325 g/mol. The molecule has 25 heavy (non-hydrogen) atoms. The minimum atomic E-state index is -0.726. The van der Waals surface area contributed by atoms with E-state index in [2.05, 4.69) is 10.6 Å². The van der Waals surface area contributed by atoms with E-state index in [1.807, 2.05) is 0 Å². The first-order valence-corrected chi connectivity index (χ1v) is 7.48. The molecule has 1 fully saturated rings. The number of anilines is 1. The van der Waals surface area contributed by atoms with Crippen molar-refractivity contribution in [3.05, 3.63) is 71.7 Å². The zero-order valence-electron chi connectivity index (χ0n) is 13.0. The van der Waals surface area contributed by atoms with E-state index in [0.717, 1.165) is 4.90 Å². The van der Waals surface area contributed by atoms with Crippen LogP contribution in [0, 0.1) is 5.82 Å². The van der Waals surface area contributed by atoms with Gasteiger partial charge in [0.15, 0.2) is 0 Å². The average Bonchev–Trinajstić information content (AvgIpc) is 2.85. The fourth-order valence-corrected chi connectivity index (χ4v) is 2.33. The Morgan fingerprint density at radius 2 is 1.76 bits per heavy atom. The molecule has 0 saturated carbocycles. The lowest BCUT2D eigenvalue weighted by molar-refractivity contribution is -0.127. The molecule has 0 atom stereocenters. The molecular formula is C18H14FN3O3. The summed E-state index contributed by atoms with van der Waals surface area (Å²) in [5.41, 5.74) is 0.644. The van der Waals surface area contributed by atoms with Crippen molar-refractivity contribution in [2.45, 2.75) is 0 Å².